The van der Waals surface area contributed by atoms with Crippen LogP contribution < -0.4 is 10.1 Å². The van der Waals surface area contributed by atoms with Gasteiger partial charge in [-0.1, -0.05) is 0 Å². The van der Waals surface area contributed by atoms with Gasteiger partial charge in [0.15, 0.2) is 0 Å². The Morgan fingerprint density at radius 2 is 1.91 bits per heavy atom. The Morgan fingerprint density at radius 3 is 2.69 bits per heavy atom. The summed E-state index contributed by atoms with van der Waals surface area (Å²) in [6, 6.07) is 9.58. The molecule has 8 heteroatoms. The molecule has 0 atom stereocenters. The van der Waals surface area contributed by atoms with Gasteiger partial charge in [-0.2, -0.15) is 0 Å². The normalized spacial score (nSPS) is 15.7. The number of fused-ring (bicyclic) bond motifs is 1. The molecule has 1 N–H and O–H groups in total. The zero-order valence-electron chi connectivity index (χ0n) is 17.7. The minimum absolute atomic E-state index is 0.103. The molecular formula is C24H23N5O3. The summed E-state index contributed by atoms with van der Waals surface area (Å²) < 4.78 is 11.7. The van der Waals surface area contributed by atoms with Crippen LogP contribution in [0.1, 0.15) is 36.5 Å². The predicted molar refractivity (Wildman–Crippen MR) is 120 cm³/mol. The van der Waals surface area contributed by atoms with Crippen LogP contribution in [0.25, 0.3) is 11.3 Å². The van der Waals surface area contributed by atoms with E-state index in [1.165, 1.54) is 6.92 Å². The highest BCUT2D eigenvalue weighted by atomic mass is 16.5. The molecule has 0 bridgehead atoms. The molecule has 2 aliphatic rings. The van der Waals surface area contributed by atoms with Gasteiger partial charge in [-0.05, 0) is 35.9 Å². The van der Waals surface area contributed by atoms with Gasteiger partial charge in [-0.25, -0.2) is 9.97 Å². The van der Waals surface area contributed by atoms with Crippen LogP contribution >= 0.6 is 0 Å². The van der Waals surface area contributed by atoms with E-state index in [2.05, 4.69) is 20.3 Å². The van der Waals surface area contributed by atoms with Crippen molar-refractivity contribution < 1.29 is 14.3 Å². The number of aromatic nitrogens is 3. The third-order valence-corrected chi connectivity index (χ3v) is 5.49. The second-order valence-electron chi connectivity index (χ2n) is 7.79. The fourth-order valence-corrected chi connectivity index (χ4v) is 3.92. The Labute approximate surface area is 185 Å². The van der Waals surface area contributed by atoms with Crippen molar-refractivity contribution in [3.8, 4) is 17.1 Å². The lowest BCUT2D eigenvalue weighted by molar-refractivity contribution is -0.114. The molecule has 1 amide bonds. The van der Waals surface area contributed by atoms with Crippen molar-refractivity contribution in [1.29, 1.82) is 0 Å². The average molecular weight is 429 g/mol. The molecule has 3 aromatic rings. The zero-order valence-corrected chi connectivity index (χ0v) is 17.7. The van der Waals surface area contributed by atoms with Crippen molar-refractivity contribution in [2.75, 3.05) is 18.5 Å². The van der Waals surface area contributed by atoms with E-state index in [0.717, 1.165) is 46.5 Å². The first-order chi connectivity index (χ1) is 15.7. The molecule has 0 saturated carbocycles. The largest absolute Gasteiger partial charge is 0.474 e. The molecule has 0 aliphatic carbocycles. The molecule has 162 valence electrons. The summed E-state index contributed by atoms with van der Waals surface area (Å²) in [5.74, 6) is 0.980. The highest BCUT2D eigenvalue weighted by Gasteiger charge is 2.26. The van der Waals surface area contributed by atoms with Crippen molar-refractivity contribution in [2.45, 2.75) is 32.4 Å². The summed E-state index contributed by atoms with van der Waals surface area (Å²) >= 11 is 0. The molecule has 2 aliphatic heterocycles. The van der Waals surface area contributed by atoms with Gasteiger partial charge in [-0.3, -0.25) is 14.8 Å². The number of nitrogens with one attached hydrogen (secondary N) is 1. The van der Waals surface area contributed by atoms with E-state index in [-0.39, 0.29) is 12.0 Å². The van der Waals surface area contributed by atoms with Crippen LogP contribution in [0.15, 0.2) is 53.9 Å². The first kappa shape index (κ1) is 20.3. The van der Waals surface area contributed by atoms with E-state index in [9.17, 15) is 4.79 Å². The number of pyridine rings is 3. The third kappa shape index (κ3) is 4.22. The van der Waals surface area contributed by atoms with Gasteiger partial charge in [-0.15, -0.1) is 0 Å². The molecule has 0 spiro atoms. The van der Waals surface area contributed by atoms with Crippen molar-refractivity contribution in [3.05, 3.63) is 65.6 Å². The molecule has 1 fully saturated rings. The number of hydrogen-bond donors (Lipinski definition) is 1. The van der Waals surface area contributed by atoms with Gasteiger partial charge in [0.1, 0.15) is 11.9 Å². The van der Waals surface area contributed by atoms with Gasteiger partial charge in [0, 0.05) is 49.5 Å². The number of carbonyl (C=O) groups excluding carboxylic acids is 1. The topological polar surface area (TPSA) is 98.6 Å². The van der Waals surface area contributed by atoms with Crippen LogP contribution in [0.4, 0.5) is 5.82 Å². The van der Waals surface area contributed by atoms with Gasteiger partial charge in [0.05, 0.1) is 36.7 Å². The number of anilines is 1. The fraction of sp³-hybridized carbons (Fsp3) is 0.292. The first-order valence-corrected chi connectivity index (χ1v) is 10.6. The monoisotopic (exact) mass is 429 g/mol. The van der Waals surface area contributed by atoms with E-state index < -0.39 is 0 Å². The number of nitrogens with zero attached hydrogens (tertiary/aromatic N) is 4. The number of amides is 1. The van der Waals surface area contributed by atoms with Crippen molar-refractivity contribution in [2.24, 2.45) is 4.99 Å². The van der Waals surface area contributed by atoms with Crippen LogP contribution in [-0.2, 0) is 16.1 Å². The number of ether oxygens (including phenoxy) is 2. The average Bonchev–Trinajstić information content (AvgIpc) is 3.25. The van der Waals surface area contributed by atoms with Crippen molar-refractivity contribution in [3.63, 3.8) is 0 Å². The molecule has 5 heterocycles. The molecule has 8 nitrogen and oxygen atoms in total. The number of carbonyl (C=O) groups is 1. The van der Waals surface area contributed by atoms with E-state index in [1.54, 1.807) is 24.7 Å². The molecule has 0 unspecified atom stereocenters. The fourth-order valence-electron chi connectivity index (χ4n) is 3.92. The molecule has 1 saturated heterocycles. The predicted octanol–water partition coefficient (Wildman–Crippen LogP) is 3.41. The number of aliphatic imine (C=N–C) groups is 1. The highest BCUT2D eigenvalue weighted by molar-refractivity contribution is 6.16. The van der Waals surface area contributed by atoms with Gasteiger partial charge >= 0.3 is 0 Å². The molecule has 5 rings (SSSR count). The molecule has 0 aromatic carbocycles. The second-order valence-corrected chi connectivity index (χ2v) is 7.79. The smallest absolute Gasteiger partial charge is 0.223 e. The first-order valence-electron chi connectivity index (χ1n) is 10.6. The van der Waals surface area contributed by atoms with E-state index >= 15 is 0 Å². The summed E-state index contributed by atoms with van der Waals surface area (Å²) in [5.41, 5.74) is 5.50. The number of rotatable bonds is 5. The molecule has 32 heavy (non-hydrogen) atoms. The lowest BCUT2D eigenvalue weighted by atomic mass is 10.0. The Balaban J connectivity index is 1.43. The van der Waals surface area contributed by atoms with E-state index in [1.807, 2.05) is 24.3 Å². The zero-order chi connectivity index (χ0) is 21.9. The maximum absolute atomic E-state index is 11.2. The summed E-state index contributed by atoms with van der Waals surface area (Å²) in [6.07, 6.45) is 7.07. The van der Waals surface area contributed by atoms with Gasteiger partial charge in [0.2, 0.25) is 11.8 Å². The Morgan fingerprint density at radius 1 is 1.06 bits per heavy atom. The summed E-state index contributed by atoms with van der Waals surface area (Å²) in [5, 5.41) is 2.67. The Bertz CT molecular complexity index is 1170. The van der Waals surface area contributed by atoms with Crippen LogP contribution in [0.3, 0.4) is 0 Å². The standard InChI is InChI=1S/C24H23N5O3/c1-15(30)29-21-3-2-17(13-27-21)20-12-16(4-8-25-20)23-22-18(14-28-23)5-9-26-24(22)32-19-6-10-31-11-7-19/h2-5,8-9,12-13,19H,6-7,10-11,14H2,1H3,(H,27,29,30). The quantitative estimate of drug-likeness (QED) is 0.667. The van der Waals surface area contributed by atoms with Crippen LogP contribution in [0, 0.1) is 0 Å². The molecule has 3 aromatic heterocycles. The van der Waals surface area contributed by atoms with Crippen LogP contribution in [0.5, 0.6) is 5.88 Å². The minimum atomic E-state index is -0.157. The van der Waals surface area contributed by atoms with Gasteiger partial charge in [0.25, 0.3) is 0 Å². The second kappa shape index (κ2) is 8.84. The Hall–Kier alpha value is -3.65. The highest BCUT2D eigenvalue weighted by Crippen LogP contribution is 2.32. The van der Waals surface area contributed by atoms with Gasteiger partial charge < -0.3 is 14.8 Å². The van der Waals surface area contributed by atoms with E-state index in [0.29, 0.717) is 31.5 Å². The lowest BCUT2D eigenvalue weighted by Gasteiger charge is -2.24. The van der Waals surface area contributed by atoms with Crippen LogP contribution in [0.2, 0.25) is 0 Å². The maximum Gasteiger partial charge on any atom is 0.223 e. The summed E-state index contributed by atoms with van der Waals surface area (Å²) in [7, 11) is 0. The van der Waals surface area contributed by atoms with E-state index in [4.69, 9.17) is 14.5 Å². The maximum atomic E-state index is 11.2. The van der Waals surface area contributed by atoms with Crippen molar-refractivity contribution in [1.82, 2.24) is 15.0 Å². The summed E-state index contributed by atoms with van der Waals surface area (Å²) in [6.45, 7) is 3.48. The lowest BCUT2D eigenvalue weighted by Crippen LogP contribution is -2.27. The number of hydrogen-bond acceptors (Lipinski definition) is 7. The SMILES string of the molecule is CC(=O)Nc1ccc(-c2cc(C3=NCc4ccnc(OC5CCOCC5)c43)ccn2)cn1. The van der Waals surface area contributed by atoms with Crippen molar-refractivity contribution >= 4 is 17.4 Å². The third-order valence-electron chi connectivity index (χ3n) is 5.49. The summed E-state index contributed by atoms with van der Waals surface area (Å²) in [4.78, 5) is 29.3. The molecular weight excluding hydrogens is 406 g/mol. The minimum Gasteiger partial charge on any atom is -0.474 e. The van der Waals surface area contributed by atoms with Crippen LogP contribution in [-0.4, -0.2) is 45.9 Å². The molecule has 0 radical (unpaired) electrons. The Kier molecular flexibility index (Phi) is 5.60.